The Morgan fingerprint density at radius 2 is 1.85 bits per heavy atom. The highest BCUT2D eigenvalue weighted by Gasteiger charge is 2.34. The van der Waals surface area contributed by atoms with Crippen LogP contribution in [0.5, 0.6) is 0 Å². The number of aliphatic hydroxyl groups is 1. The van der Waals surface area contributed by atoms with Crippen molar-refractivity contribution in [1.82, 2.24) is 5.32 Å². The number of Topliss-reactive ketones (excluding diaryl/α,β-unsaturated/α-hetero) is 1. The molecule has 1 aliphatic rings. The van der Waals surface area contributed by atoms with Crippen LogP contribution in [-0.4, -0.2) is 53.7 Å². The van der Waals surface area contributed by atoms with E-state index >= 15 is 0 Å². The van der Waals surface area contributed by atoms with Crippen LogP contribution in [0, 0.1) is 5.92 Å². The molecule has 0 saturated heterocycles. The van der Waals surface area contributed by atoms with Gasteiger partial charge in [-0.05, 0) is 52.5 Å². The van der Waals surface area contributed by atoms with Crippen molar-refractivity contribution in [1.29, 1.82) is 0 Å². The molecule has 1 amide bonds. The predicted octanol–water partition coefficient (Wildman–Crippen LogP) is 1.53. The summed E-state index contributed by atoms with van der Waals surface area (Å²) >= 11 is 0. The van der Waals surface area contributed by atoms with Crippen molar-refractivity contribution in [2.45, 2.75) is 70.6 Å². The summed E-state index contributed by atoms with van der Waals surface area (Å²) in [6.07, 6.45) is 4.20. The van der Waals surface area contributed by atoms with E-state index in [1.54, 1.807) is 6.92 Å². The molecule has 0 aromatic heterocycles. The van der Waals surface area contributed by atoms with Crippen LogP contribution in [0.2, 0.25) is 0 Å². The molecule has 1 atom stereocenters. The van der Waals surface area contributed by atoms with Crippen LogP contribution in [0.3, 0.4) is 0 Å². The smallest absolute Gasteiger partial charge is 0.307 e. The Balaban J connectivity index is 2.16. The molecule has 0 heterocycles. The lowest BCUT2D eigenvalue weighted by Gasteiger charge is -2.30. The zero-order valence-corrected chi connectivity index (χ0v) is 16.0. The average molecular weight is 369 g/mol. The first-order chi connectivity index (χ1) is 12.1. The van der Waals surface area contributed by atoms with Crippen molar-refractivity contribution < 1.29 is 29.0 Å². The van der Waals surface area contributed by atoms with Crippen LogP contribution in [-0.2, 0) is 23.9 Å². The molecule has 1 saturated carbocycles. The van der Waals surface area contributed by atoms with Crippen molar-refractivity contribution in [3.63, 3.8) is 0 Å². The normalized spacial score (nSPS) is 21.5. The topological polar surface area (TPSA) is 102 Å². The molecule has 0 aromatic carbocycles. The summed E-state index contributed by atoms with van der Waals surface area (Å²) in [5, 5.41) is 12.4. The summed E-state index contributed by atoms with van der Waals surface area (Å²) in [6, 6.07) is -0.322. The number of amides is 1. The highest BCUT2D eigenvalue weighted by Crippen LogP contribution is 2.29. The van der Waals surface area contributed by atoms with Crippen molar-refractivity contribution in [2.24, 2.45) is 5.92 Å². The molecule has 1 unspecified atom stereocenters. The highest BCUT2D eigenvalue weighted by molar-refractivity contribution is 5.88. The van der Waals surface area contributed by atoms with E-state index in [2.05, 4.69) is 11.9 Å². The van der Waals surface area contributed by atoms with E-state index in [-0.39, 0.29) is 42.8 Å². The number of nitrogens with one attached hydrogen (secondary N) is 1. The van der Waals surface area contributed by atoms with Gasteiger partial charge in [-0.2, -0.15) is 0 Å². The fraction of sp³-hybridized carbons (Fsp3) is 0.737. The third-order valence-corrected chi connectivity index (χ3v) is 4.39. The number of esters is 1. The number of rotatable bonds is 10. The lowest BCUT2D eigenvalue weighted by atomic mass is 9.80. The number of ketones is 1. The maximum absolute atomic E-state index is 12.1. The second kappa shape index (κ2) is 10.4. The Morgan fingerprint density at radius 3 is 2.38 bits per heavy atom. The third-order valence-electron chi connectivity index (χ3n) is 4.39. The Bertz CT molecular complexity index is 503. The quantitative estimate of drug-likeness (QED) is 0.344. The molecule has 0 aliphatic heterocycles. The van der Waals surface area contributed by atoms with Gasteiger partial charge in [-0.1, -0.05) is 6.58 Å². The molecule has 1 aliphatic carbocycles. The van der Waals surface area contributed by atoms with Crippen LogP contribution in [0.15, 0.2) is 12.7 Å². The summed E-state index contributed by atoms with van der Waals surface area (Å²) in [7, 11) is 0. The first-order valence-electron chi connectivity index (χ1n) is 9.10. The van der Waals surface area contributed by atoms with E-state index in [9.17, 15) is 19.5 Å². The second-order valence-electron chi connectivity index (χ2n) is 7.31. The fourth-order valence-corrected chi connectivity index (χ4v) is 3.02. The number of carbonyl (C=O) groups is 3. The Hall–Kier alpha value is -1.73. The van der Waals surface area contributed by atoms with Crippen molar-refractivity contribution in [2.75, 3.05) is 13.2 Å². The molecule has 0 bridgehead atoms. The molecule has 148 valence electrons. The van der Waals surface area contributed by atoms with Gasteiger partial charge >= 0.3 is 5.97 Å². The molecule has 0 radical (unpaired) electrons. The third kappa shape index (κ3) is 8.10. The Labute approximate surface area is 155 Å². The number of hydrogen-bond acceptors (Lipinski definition) is 6. The number of hydrogen-bond donors (Lipinski definition) is 2. The maximum Gasteiger partial charge on any atom is 0.307 e. The Morgan fingerprint density at radius 1 is 1.23 bits per heavy atom. The lowest BCUT2D eigenvalue weighted by molar-refractivity contribution is -0.147. The molecule has 26 heavy (non-hydrogen) atoms. The fourth-order valence-electron chi connectivity index (χ4n) is 3.02. The van der Waals surface area contributed by atoms with Gasteiger partial charge in [0.2, 0.25) is 5.91 Å². The van der Waals surface area contributed by atoms with Gasteiger partial charge in [0.25, 0.3) is 0 Å². The van der Waals surface area contributed by atoms with Crippen molar-refractivity contribution in [3.05, 3.63) is 12.7 Å². The van der Waals surface area contributed by atoms with Gasteiger partial charge in [-0.3, -0.25) is 14.4 Å². The molecule has 0 spiro atoms. The minimum Gasteiger partial charge on any atom is -0.463 e. The zero-order valence-electron chi connectivity index (χ0n) is 16.0. The first-order valence-corrected chi connectivity index (χ1v) is 9.10. The van der Waals surface area contributed by atoms with E-state index in [1.807, 2.05) is 0 Å². The van der Waals surface area contributed by atoms with Crippen LogP contribution in [0.1, 0.15) is 52.9 Å². The van der Waals surface area contributed by atoms with E-state index in [0.717, 1.165) is 18.9 Å². The summed E-state index contributed by atoms with van der Waals surface area (Å²) < 4.78 is 10.8. The molecule has 1 rings (SSSR count). The van der Waals surface area contributed by atoms with Crippen molar-refractivity contribution >= 4 is 17.7 Å². The minimum atomic E-state index is -1.28. The molecule has 1 fully saturated rings. The second-order valence-corrected chi connectivity index (χ2v) is 7.31. The van der Waals surface area contributed by atoms with E-state index in [4.69, 9.17) is 9.47 Å². The summed E-state index contributed by atoms with van der Waals surface area (Å²) in [4.78, 5) is 34.8. The van der Waals surface area contributed by atoms with Gasteiger partial charge < -0.3 is 19.9 Å². The maximum atomic E-state index is 12.1. The van der Waals surface area contributed by atoms with E-state index < -0.39 is 11.6 Å². The molecule has 7 heteroatoms. The largest absolute Gasteiger partial charge is 0.463 e. The van der Waals surface area contributed by atoms with Gasteiger partial charge in [0, 0.05) is 12.0 Å². The van der Waals surface area contributed by atoms with Gasteiger partial charge in [0.1, 0.15) is 12.2 Å². The van der Waals surface area contributed by atoms with Crippen molar-refractivity contribution in [3.8, 4) is 0 Å². The first kappa shape index (κ1) is 22.3. The molecular formula is C19H31NO6. The summed E-state index contributed by atoms with van der Waals surface area (Å²) in [5.41, 5.74) is -1.28. The highest BCUT2D eigenvalue weighted by atomic mass is 16.6. The predicted molar refractivity (Wildman–Crippen MR) is 96.4 cm³/mol. The van der Waals surface area contributed by atoms with Gasteiger partial charge in [-0.25, -0.2) is 0 Å². The van der Waals surface area contributed by atoms with Gasteiger partial charge in [0.05, 0.1) is 19.1 Å². The SMILES string of the molecule is C=CC(=O)NC(C)CC(=O)OCCOC1CCC(C(=O)C(C)(C)O)CC1. The number of carbonyl (C=O) groups excluding carboxylic acids is 3. The van der Waals surface area contributed by atoms with Crippen LogP contribution < -0.4 is 5.32 Å². The molecule has 7 nitrogen and oxygen atoms in total. The van der Waals surface area contributed by atoms with Crippen LogP contribution >= 0.6 is 0 Å². The van der Waals surface area contributed by atoms with E-state index in [0.29, 0.717) is 19.4 Å². The number of ether oxygens (including phenoxy) is 2. The standard InChI is InChI=1S/C19H31NO6/c1-5-16(21)20-13(2)12-17(22)26-11-10-25-15-8-6-14(7-9-15)18(23)19(3,4)24/h5,13-15,24H,1,6-12H2,2-4H3,(H,20,21). The van der Waals surface area contributed by atoms with Crippen LogP contribution in [0.4, 0.5) is 0 Å². The van der Waals surface area contributed by atoms with Gasteiger partial charge in [-0.15, -0.1) is 0 Å². The lowest BCUT2D eigenvalue weighted by Crippen LogP contribution is -2.39. The molecule has 0 aromatic rings. The van der Waals surface area contributed by atoms with Crippen LogP contribution in [0.25, 0.3) is 0 Å². The minimum absolute atomic E-state index is 0.0466. The molecular weight excluding hydrogens is 338 g/mol. The van der Waals surface area contributed by atoms with E-state index in [1.165, 1.54) is 13.8 Å². The average Bonchev–Trinajstić information content (AvgIpc) is 2.57. The summed E-state index contributed by atoms with van der Waals surface area (Å²) in [5.74, 6) is -0.945. The monoisotopic (exact) mass is 369 g/mol. The summed E-state index contributed by atoms with van der Waals surface area (Å²) in [6.45, 7) is 8.57. The zero-order chi connectivity index (χ0) is 19.7. The van der Waals surface area contributed by atoms with Gasteiger partial charge in [0.15, 0.2) is 5.78 Å². The molecule has 2 N–H and O–H groups in total. The Kier molecular flexibility index (Phi) is 8.95.